The maximum atomic E-state index is 12.8. The Morgan fingerprint density at radius 2 is 1.97 bits per heavy atom. The zero-order valence-corrected chi connectivity index (χ0v) is 18.0. The van der Waals surface area contributed by atoms with Crippen LogP contribution in [0.15, 0.2) is 53.7 Å². The zero-order chi connectivity index (χ0) is 21.6. The summed E-state index contributed by atoms with van der Waals surface area (Å²) in [4.78, 5) is 16.2. The fraction of sp³-hybridized carbons (Fsp3) is 0.429. The summed E-state index contributed by atoms with van der Waals surface area (Å²) in [6, 6.07) is 9.23. The van der Waals surface area contributed by atoms with Crippen LogP contribution in [0.5, 0.6) is 0 Å². The Morgan fingerprint density at radius 3 is 2.63 bits per heavy atom. The number of methoxy groups -OCH3 is 1. The SMILES string of the molecule is COC1CCC(C)C(NS(=O)(=O)c2ccc(NC(=O)NCc3cccnc3)cc2)C1. The van der Waals surface area contributed by atoms with Crippen LogP contribution in [0.25, 0.3) is 0 Å². The quantitative estimate of drug-likeness (QED) is 0.623. The molecule has 162 valence electrons. The first-order chi connectivity index (χ1) is 14.4. The van der Waals surface area contributed by atoms with Crippen LogP contribution >= 0.6 is 0 Å². The van der Waals surface area contributed by atoms with E-state index in [1.807, 2.05) is 6.07 Å². The summed E-state index contributed by atoms with van der Waals surface area (Å²) in [6.07, 6.45) is 5.94. The Balaban J connectivity index is 1.56. The fourth-order valence-corrected chi connectivity index (χ4v) is 4.86. The number of nitrogens with one attached hydrogen (secondary N) is 3. The summed E-state index contributed by atoms with van der Waals surface area (Å²) in [5.74, 6) is 0.246. The molecule has 8 nitrogen and oxygen atoms in total. The van der Waals surface area contributed by atoms with Gasteiger partial charge in [0, 0.05) is 37.8 Å². The highest BCUT2D eigenvalue weighted by Gasteiger charge is 2.31. The minimum atomic E-state index is -3.66. The van der Waals surface area contributed by atoms with Gasteiger partial charge in [0.2, 0.25) is 10.0 Å². The molecule has 3 unspecified atom stereocenters. The van der Waals surface area contributed by atoms with Gasteiger partial charge in [-0.05, 0) is 61.1 Å². The number of carbonyl (C=O) groups is 1. The van der Waals surface area contributed by atoms with Gasteiger partial charge >= 0.3 is 6.03 Å². The van der Waals surface area contributed by atoms with E-state index in [1.54, 1.807) is 37.7 Å². The molecule has 3 atom stereocenters. The van der Waals surface area contributed by atoms with Crippen molar-refractivity contribution in [3.05, 3.63) is 54.4 Å². The van der Waals surface area contributed by atoms with Gasteiger partial charge in [0.25, 0.3) is 0 Å². The predicted molar refractivity (Wildman–Crippen MR) is 114 cm³/mol. The van der Waals surface area contributed by atoms with Gasteiger partial charge in [-0.15, -0.1) is 0 Å². The normalized spacial score (nSPS) is 21.7. The molecule has 0 saturated heterocycles. The molecule has 1 aromatic heterocycles. The zero-order valence-electron chi connectivity index (χ0n) is 17.2. The third-order valence-corrected chi connectivity index (χ3v) is 6.89. The first kappa shape index (κ1) is 22.2. The fourth-order valence-electron chi connectivity index (χ4n) is 3.51. The Bertz CT molecular complexity index is 935. The van der Waals surface area contributed by atoms with E-state index < -0.39 is 10.0 Å². The second-order valence-corrected chi connectivity index (χ2v) is 9.28. The van der Waals surface area contributed by atoms with Gasteiger partial charge in [-0.2, -0.15) is 0 Å². The second-order valence-electron chi connectivity index (χ2n) is 7.57. The molecule has 0 radical (unpaired) electrons. The van der Waals surface area contributed by atoms with E-state index >= 15 is 0 Å². The lowest BCUT2D eigenvalue weighted by atomic mass is 9.85. The van der Waals surface area contributed by atoms with Crippen LogP contribution < -0.4 is 15.4 Å². The van der Waals surface area contributed by atoms with Crippen LogP contribution in [-0.2, 0) is 21.3 Å². The van der Waals surface area contributed by atoms with E-state index in [0.29, 0.717) is 18.7 Å². The average molecular weight is 433 g/mol. The molecule has 1 aromatic carbocycles. The van der Waals surface area contributed by atoms with Crippen LogP contribution in [0.1, 0.15) is 31.7 Å². The molecular weight excluding hydrogens is 404 g/mol. The maximum Gasteiger partial charge on any atom is 0.319 e. The third-order valence-electron chi connectivity index (χ3n) is 5.39. The number of benzene rings is 1. The molecule has 1 fully saturated rings. The predicted octanol–water partition coefficient (Wildman–Crippen LogP) is 2.89. The smallest absolute Gasteiger partial charge is 0.319 e. The number of hydrogen-bond donors (Lipinski definition) is 3. The maximum absolute atomic E-state index is 12.8. The van der Waals surface area contributed by atoms with Crippen molar-refractivity contribution in [2.45, 2.75) is 49.8 Å². The molecule has 1 heterocycles. The molecule has 1 aliphatic carbocycles. The van der Waals surface area contributed by atoms with Crippen molar-refractivity contribution in [3.8, 4) is 0 Å². The minimum Gasteiger partial charge on any atom is -0.381 e. The number of urea groups is 1. The molecule has 1 aliphatic rings. The molecule has 9 heteroatoms. The Kier molecular flexibility index (Phi) is 7.41. The van der Waals surface area contributed by atoms with Crippen LogP contribution in [0.2, 0.25) is 0 Å². The number of amides is 2. The summed E-state index contributed by atoms with van der Waals surface area (Å²) in [6.45, 7) is 2.40. The number of nitrogens with zero attached hydrogens (tertiary/aromatic N) is 1. The summed E-state index contributed by atoms with van der Waals surface area (Å²) in [5.41, 5.74) is 1.39. The lowest BCUT2D eigenvalue weighted by Crippen LogP contribution is -2.44. The monoisotopic (exact) mass is 432 g/mol. The summed E-state index contributed by atoms with van der Waals surface area (Å²) < 4.78 is 33.8. The van der Waals surface area contributed by atoms with Crippen molar-refractivity contribution in [1.29, 1.82) is 0 Å². The molecule has 3 rings (SSSR count). The number of rotatable bonds is 7. The van der Waals surface area contributed by atoms with Gasteiger partial charge < -0.3 is 15.4 Å². The van der Waals surface area contributed by atoms with E-state index in [2.05, 4.69) is 27.3 Å². The number of pyridine rings is 1. The number of hydrogen-bond acceptors (Lipinski definition) is 5. The molecule has 0 bridgehead atoms. The van der Waals surface area contributed by atoms with Gasteiger partial charge in [-0.3, -0.25) is 4.98 Å². The van der Waals surface area contributed by atoms with E-state index in [-0.39, 0.29) is 29.0 Å². The van der Waals surface area contributed by atoms with Crippen molar-refractivity contribution in [1.82, 2.24) is 15.0 Å². The van der Waals surface area contributed by atoms with Crippen molar-refractivity contribution < 1.29 is 17.9 Å². The molecular formula is C21H28N4O4S. The highest BCUT2D eigenvalue weighted by atomic mass is 32.2. The van der Waals surface area contributed by atoms with Crippen molar-refractivity contribution >= 4 is 21.7 Å². The molecule has 1 saturated carbocycles. The topological polar surface area (TPSA) is 109 Å². The summed E-state index contributed by atoms with van der Waals surface area (Å²) in [7, 11) is -2.00. The Labute approximate surface area is 177 Å². The first-order valence-electron chi connectivity index (χ1n) is 9.96. The molecule has 30 heavy (non-hydrogen) atoms. The van der Waals surface area contributed by atoms with E-state index in [9.17, 15) is 13.2 Å². The summed E-state index contributed by atoms with van der Waals surface area (Å²) in [5, 5.41) is 5.42. The highest BCUT2D eigenvalue weighted by Crippen LogP contribution is 2.27. The molecule has 2 aromatic rings. The number of aromatic nitrogens is 1. The molecule has 0 aliphatic heterocycles. The van der Waals surface area contributed by atoms with Gasteiger partial charge in [-0.1, -0.05) is 13.0 Å². The number of ether oxygens (including phenoxy) is 1. The molecule has 3 N–H and O–H groups in total. The minimum absolute atomic E-state index is 0.0747. The second kappa shape index (κ2) is 10.0. The van der Waals surface area contributed by atoms with Gasteiger partial charge in [-0.25, -0.2) is 17.9 Å². The van der Waals surface area contributed by atoms with Gasteiger partial charge in [0.15, 0.2) is 0 Å². The van der Waals surface area contributed by atoms with Gasteiger partial charge in [0.1, 0.15) is 0 Å². The lowest BCUT2D eigenvalue weighted by Gasteiger charge is -2.33. The van der Waals surface area contributed by atoms with Crippen LogP contribution in [0.4, 0.5) is 10.5 Å². The largest absolute Gasteiger partial charge is 0.381 e. The van der Waals surface area contributed by atoms with Crippen LogP contribution in [0, 0.1) is 5.92 Å². The summed E-state index contributed by atoms with van der Waals surface area (Å²) >= 11 is 0. The van der Waals surface area contributed by atoms with E-state index in [1.165, 1.54) is 12.1 Å². The molecule has 0 spiro atoms. The Morgan fingerprint density at radius 1 is 1.20 bits per heavy atom. The van der Waals surface area contributed by atoms with Gasteiger partial charge in [0.05, 0.1) is 11.0 Å². The number of sulfonamides is 1. The van der Waals surface area contributed by atoms with E-state index in [0.717, 1.165) is 18.4 Å². The Hall–Kier alpha value is -2.49. The van der Waals surface area contributed by atoms with E-state index in [4.69, 9.17) is 4.74 Å². The standard InChI is InChI=1S/C21H28N4O4S/c1-15-5-8-18(29-2)12-20(15)25-30(27,28)19-9-6-17(7-10-19)24-21(26)23-14-16-4-3-11-22-13-16/h3-4,6-7,9-11,13,15,18,20,25H,5,8,12,14H2,1-2H3,(H2,23,24,26). The lowest BCUT2D eigenvalue weighted by molar-refractivity contribution is 0.0477. The molecule has 2 amide bonds. The van der Waals surface area contributed by atoms with Crippen LogP contribution in [-0.4, -0.2) is 38.7 Å². The number of carbonyl (C=O) groups excluding carboxylic acids is 1. The average Bonchev–Trinajstić information content (AvgIpc) is 2.75. The van der Waals surface area contributed by atoms with Crippen molar-refractivity contribution in [3.63, 3.8) is 0 Å². The van der Waals surface area contributed by atoms with Crippen LogP contribution in [0.3, 0.4) is 0 Å². The number of anilines is 1. The first-order valence-corrected chi connectivity index (χ1v) is 11.4. The third kappa shape index (κ3) is 6.01. The van der Waals surface area contributed by atoms with Crippen molar-refractivity contribution in [2.24, 2.45) is 5.92 Å². The highest BCUT2D eigenvalue weighted by molar-refractivity contribution is 7.89. The van der Waals surface area contributed by atoms with Crippen molar-refractivity contribution in [2.75, 3.05) is 12.4 Å².